The van der Waals surface area contributed by atoms with Gasteiger partial charge in [0.25, 0.3) is 0 Å². The van der Waals surface area contributed by atoms with Gasteiger partial charge in [0.05, 0.1) is 6.54 Å². The van der Waals surface area contributed by atoms with Gasteiger partial charge in [-0.25, -0.2) is 0 Å². The molecule has 0 spiro atoms. The Morgan fingerprint density at radius 2 is 2.16 bits per heavy atom. The number of hydrogen-bond acceptors (Lipinski definition) is 3. The molecule has 104 valence electrons. The summed E-state index contributed by atoms with van der Waals surface area (Å²) in [5.41, 5.74) is 1.21. The molecular weight excluding hydrogens is 260 g/mol. The summed E-state index contributed by atoms with van der Waals surface area (Å²) in [6.45, 7) is 5.11. The number of rotatable bonds is 6. The second kappa shape index (κ2) is 6.19. The van der Waals surface area contributed by atoms with Crippen LogP contribution in [0.3, 0.4) is 0 Å². The third-order valence-electron chi connectivity index (χ3n) is 3.51. The van der Waals surface area contributed by atoms with Crippen molar-refractivity contribution in [2.24, 2.45) is 11.8 Å². The number of carbonyl (C=O) groups is 2. The summed E-state index contributed by atoms with van der Waals surface area (Å²) < 4.78 is 0. The Kier molecular flexibility index (Phi) is 4.58. The number of carbonyl (C=O) groups excluding carboxylic acids is 2. The fourth-order valence-electron chi connectivity index (χ4n) is 1.97. The highest BCUT2D eigenvalue weighted by molar-refractivity contribution is 7.10. The van der Waals surface area contributed by atoms with E-state index in [1.165, 1.54) is 10.4 Å². The van der Waals surface area contributed by atoms with Crippen LogP contribution >= 0.6 is 11.3 Å². The van der Waals surface area contributed by atoms with Crippen molar-refractivity contribution >= 4 is 23.2 Å². The Balaban J connectivity index is 1.60. The zero-order chi connectivity index (χ0) is 13.8. The third kappa shape index (κ3) is 4.06. The number of thiophene rings is 1. The normalized spacial score (nSPS) is 20.9. The maximum absolute atomic E-state index is 11.6. The molecule has 1 aliphatic rings. The second-order valence-corrected chi connectivity index (χ2v) is 6.16. The average molecular weight is 280 g/mol. The standard InChI is InChI=1S/C14H20N2O2S/c1-9-4-6-19-12(9)8-16-13(17)3-5-15-14(18)11-7-10(11)2/h4,6,10-11H,3,5,7-8H2,1-2H3,(H,15,18)(H,16,17). The van der Waals surface area contributed by atoms with Crippen molar-refractivity contribution in [3.05, 3.63) is 21.9 Å². The van der Waals surface area contributed by atoms with Crippen molar-refractivity contribution in [1.82, 2.24) is 10.6 Å². The zero-order valence-electron chi connectivity index (χ0n) is 11.4. The molecule has 0 aliphatic heterocycles. The third-order valence-corrected chi connectivity index (χ3v) is 4.53. The number of nitrogens with one attached hydrogen (secondary N) is 2. The van der Waals surface area contributed by atoms with Gasteiger partial charge in [0.1, 0.15) is 0 Å². The van der Waals surface area contributed by atoms with Crippen molar-refractivity contribution in [2.75, 3.05) is 6.54 Å². The van der Waals surface area contributed by atoms with E-state index in [2.05, 4.69) is 17.6 Å². The van der Waals surface area contributed by atoms with Crippen LogP contribution in [0.25, 0.3) is 0 Å². The molecule has 2 N–H and O–H groups in total. The lowest BCUT2D eigenvalue weighted by molar-refractivity contribution is -0.123. The molecule has 4 nitrogen and oxygen atoms in total. The minimum Gasteiger partial charge on any atom is -0.355 e. The van der Waals surface area contributed by atoms with Crippen LogP contribution in [0.4, 0.5) is 0 Å². The topological polar surface area (TPSA) is 58.2 Å². The van der Waals surface area contributed by atoms with Crippen molar-refractivity contribution in [2.45, 2.75) is 33.2 Å². The molecule has 0 saturated heterocycles. The van der Waals surface area contributed by atoms with Crippen molar-refractivity contribution in [3.8, 4) is 0 Å². The minimum absolute atomic E-state index is 0.0167. The Hall–Kier alpha value is -1.36. The highest BCUT2D eigenvalue weighted by atomic mass is 32.1. The predicted molar refractivity (Wildman–Crippen MR) is 75.8 cm³/mol. The summed E-state index contributed by atoms with van der Waals surface area (Å²) in [6.07, 6.45) is 1.33. The van der Waals surface area contributed by atoms with Crippen molar-refractivity contribution in [3.63, 3.8) is 0 Å². The van der Waals surface area contributed by atoms with E-state index < -0.39 is 0 Å². The first kappa shape index (κ1) is 14.1. The molecule has 5 heteroatoms. The van der Waals surface area contributed by atoms with Crippen LogP contribution in [0.5, 0.6) is 0 Å². The Labute approximate surface area is 117 Å². The molecule has 2 unspecified atom stereocenters. The molecule has 1 aromatic heterocycles. The summed E-state index contributed by atoms with van der Waals surface area (Å²) in [7, 11) is 0. The lowest BCUT2D eigenvalue weighted by Gasteiger charge is -2.06. The summed E-state index contributed by atoms with van der Waals surface area (Å²) in [6, 6.07) is 2.04. The van der Waals surface area contributed by atoms with E-state index in [0.29, 0.717) is 25.4 Å². The van der Waals surface area contributed by atoms with Gasteiger partial charge in [-0.05, 0) is 36.3 Å². The first-order valence-electron chi connectivity index (χ1n) is 6.65. The molecular formula is C14H20N2O2S. The summed E-state index contributed by atoms with van der Waals surface area (Å²) in [5, 5.41) is 7.71. The van der Waals surface area contributed by atoms with E-state index in [0.717, 1.165) is 6.42 Å². The van der Waals surface area contributed by atoms with Crippen LogP contribution in [-0.2, 0) is 16.1 Å². The smallest absolute Gasteiger partial charge is 0.223 e. The molecule has 1 saturated carbocycles. The molecule has 2 atom stereocenters. The fourth-order valence-corrected chi connectivity index (χ4v) is 2.82. The number of hydrogen-bond donors (Lipinski definition) is 2. The second-order valence-electron chi connectivity index (χ2n) is 5.16. The van der Waals surface area contributed by atoms with Gasteiger partial charge in [0, 0.05) is 23.8 Å². The highest BCUT2D eigenvalue weighted by Gasteiger charge is 2.38. The lowest BCUT2D eigenvalue weighted by Crippen LogP contribution is -2.31. The van der Waals surface area contributed by atoms with E-state index in [-0.39, 0.29) is 17.7 Å². The largest absolute Gasteiger partial charge is 0.355 e. The van der Waals surface area contributed by atoms with E-state index >= 15 is 0 Å². The maximum Gasteiger partial charge on any atom is 0.223 e. The Morgan fingerprint density at radius 3 is 2.74 bits per heavy atom. The van der Waals surface area contributed by atoms with E-state index in [9.17, 15) is 9.59 Å². The van der Waals surface area contributed by atoms with Gasteiger partial charge in [-0.1, -0.05) is 6.92 Å². The molecule has 0 aromatic carbocycles. The fraction of sp³-hybridized carbons (Fsp3) is 0.571. The van der Waals surface area contributed by atoms with Crippen molar-refractivity contribution in [1.29, 1.82) is 0 Å². The first-order chi connectivity index (χ1) is 9.08. The summed E-state index contributed by atoms with van der Waals surface area (Å²) >= 11 is 1.65. The van der Waals surface area contributed by atoms with Gasteiger partial charge in [0.2, 0.25) is 11.8 Å². The van der Waals surface area contributed by atoms with Gasteiger partial charge in [0.15, 0.2) is 0 Å². The van der Waals surface area contributed by atoms with Crippen LogP contribution < -0.4 is 10.6 Å². The molecule has 2 rings (SSSR count). The van der Waals surface area contributed by atoms with Gasteiger partial charge >= 0.3 is 0 Å². The molecule has 0 radical (unpaired) electrons. The summed E-state index contributed by atoms with van der Waals surface area (Å²) in [4.78, 5) is 24.4. The van der Waals surface area contributed by atoms with E-state index in [4.69, 9.17) is 0 Å². The quantitative estimate of drug-likeness (QED) is 0.835. The minimum atomic E-state index is -0.0167. The van der Waals surface area contributed by atoms with Crippen LogP contribution in [-0.4, -0.2) is 18.4 Å². The SMILES string of the molecule is Cc1ccsc1CNC(=O)CCNC(=O)C1CC1C. The number of aryl methyl sites for hydroxylation is 1. The molecule has 1 aliphatic carbocycles. The van der Waals surface area contributed by atoms with Gasteiger partial charge in [-0.2, -0.15) is 0 Å². The molecule has 1 heterocycles. The number of amides is 2. The molecule has 2 amide bonds. The van der Waals surface area contributed by atoms with Crippen LogP contribution in [0.1, 0.15) is 30.2 Å². The summed E-state index contributed by atoms with van der Waals surface area (Å²) in [5.74, 6) is 0.763. The zero-order valence-corrected chi connectivity index (χ0v) is 12.2. The Bertz CT molecular complexity index is 470. The van der Waals surface area contributed by atoms with E-state index in [1.807, 2.05) is 18.4 Å². The maximum atomic E-state index is 11.6. The average Bonchev–Trinajstić information content (AvgIpc) is 2.96. The van der Waals surface area contributed by atoms with Gasteiger partial charge in [-0.15, -0.1) is 11.3 Å². The molecule has 1 fully saturated rings. The Morgan fingerprint density at radius 1 is 1.42 bits per heavy atom. The lowest BCUT2D eigenvalue weighted by atomic mass is 10.3. The van der Waals surface area contributed by atoms with Crippen molar-refractivity contribution < 1.29 is 9.59 Å². The van der Waals surface area contributed by atoms with Crippen LogP contribution in [0.2, 0.25) is 0 Å². The predicted octanol–water partition coefficient (Wildman–Crippen LogP) is 1.84. The van der Waals surface area contributed by atoms with Crippen LogP contribution in [0, 0.1) is 18.8 Å². The van der Waals surface area contributed by atoms with Gasteiger partial charge in [-0.3, -0.25) is 9.59 Å². The first-order valence-corrected chi connectivity index (χ1v) is 7.53. The van der Waals surface area contributed by atoms with Gasteiger partial charge < -0.3 is 10.6 Å². The highest BCUT2D eigenvalue weighted by Crippen LogP contribution is 2.37. The molecule has 0 bridgehead atoms. The molecule has 19 heavy (non-hydrogen) atoms. The van der Waals surface area contributed by atoms with E-state index in [1.54, 1.807) is 11.3 Å². The molecule has 1 aromatic rings. The monoisotopic (exact) mass is 280 g/mol. The van der Waals surface area contributed by atoms with Crippen LogP contribution in [0.15, 0.2) is 11.4 Å².